The van der Waals surface area contributed by atoms with Crippen molar-refractivity contribution in [2.24, 2.45) is 0 Å². The first-order valence-electron chi connectivity index (χ1n) is 7.69. The van der Waals surface area contributed by atoms with Crippen molar-refractivity contribution in [2.75, 3.05) is 31.2 Å². The predicted octanol–water partition coefficient (Wildman–Crippen LogP) is 2.57. The highest BCUT2D eigenvalue weighted by Gasteiger charge is 2.16. The summed E-state index contributed by atoms with van der Waals surface area (Å²) in [6.45, 7) is 8.51. The average molecular weight is 285 g/mol. The summed E-state index contributed by atoms with van der Waals surface area (Å²) >= 11 is 0. The van der Waals surface area contributed by atoms with E-state index < -0.39 is 0 Å². The fraction of sp³-hybridized carbons (Fsp3) is 0.471. The average Bonchev–Trinajstić information content (AvgIpc) is 2.53. The van der Waals surface area contributed by atoms with Crippen molar-refractivity contribution in [1.29, 1.82) is 0 Å². The van der Waals surface area contributed by atoms with E-state index in [-0.39, 0.29) is 0 Å². The summed E-state index contributed by atoms with van der Waals surface area (Å²) in [5.41, 5.74) is 1.10. The van der Waals surface area contributed by atoms with Gasteiger partial charge < -0.3 is 15.0 Å². The van der Waals surface area contributed by atoms with Crippen molar-refractivity contribution < 1.29 is 4.74 Å². The first-order chi connectivity index (χ1) is 10.2. The van der Waals surface area contributed by atoms with Crippen LogP contribution in [0.3, 0.4) is 0 Å². The number of pyridine rings is 1. The van der Waals surface area contributed by atoms with Crippen molar-refractivity contribution >= 4 is 16.6 Å². The van der Waals surface area contributed by atoms with Crippen LogP contribution in [0.4, 0.5) is 5.82 Å². The van der Waals surface area contributed by atoms with E-state index in [2.05, 4.69) is 54.4 Å². The number of nitrogens with one attached hydrogen (secondary N) is 1. The first-order valence-corrected chi connectivity index (χ1v) is 7.69. The number of anilines is 1. The summed E-state index contributed by atoms with van der Waals surface area (Å²) in [7, 11) is 0. The normalized spacial score (nSPS) is 15.9. The van der Waals surface area contributed by atoms with Crippen LogP contribution in [0.5, 0.6) is 0 Å². The quantitative estimate of drug-likeness (QED) is 0.937. The molecule has 0 aliphatic carbocycles. The Balaban J connectivity index is 1.98. The molecule has 0 spiro atoms. The van der Waals surface area contributed by atoms with Crippen LogP contribution in [0, 0.1) is 0 Å². The molecule has 1 aromatic carbocycles. The van der Waals surface area contributed by atoms with Gasteiger partial charge in [-0.3, -0.25) is 0 Å². The topological polar surface area (TPSA) is 37.4 Å². The lowest BCUT2D eigenvalue weighted by Gasteiger charge is -2.29. The molecule has 1 aliphatic heterocycles. The minimum absolute atomic E-state index is 0.463. The lowest BCUT2D eigenvalue weighted by molar-refractivity contribution is 0.122. The highest BCUT2D eigenvalue weighted by molar-refractivity contribution is 5.92. The second-order valence-corrected chi connectivity index (χ2v) is 5.79. The lowest BCUT2D eigenvalue weighted by atomic mass is 10.1. The highest BCUT2D eigenvalue weighted by atomic mass is 16.5. The molecule has 2 aromatic rings. The Kier molecular flexibility index (Phi) is 4.36. The monoisotopic (exact) mass is 285 g/mol. The van der Waals surface area contributed by atoms with Crippen LogP contribution < -0.4 is 10.2 Å². The van der Waals surface area contributed by atoms with Crippen molar-refractivity contribution in [2.45, 2.75) is 26.4 Å². The van der Waals surface area contributed by atoms with E-state index in [1.165, 1.54) is 10.8 Å². The highest BCUT2D eigenvalue weighted by Crippen LogP contribution is 2.26. The number of hydrogen-bond donors (Lipinski definition) is 1. The Bertz CT molecular complexity index is 606. The van der Waals surface area contributed by atoms with Crippen molar-refractivity contribution in [3.63, 3.8) is 0 Å². The van der Waals surface area contributed by atoms with E-state index in [1.807, 2.05) is 0 Å². The molecule has 1 aliphatic rings. The van der Waals surface area contributed by atoms with Crippen molar-refractivity contribution in [1.82, 2.24) is 10.3 Å². The zero-order valence-electron chi connectivity index (χ0n) is 12.8. The third kappa shape index (κ3) is 3.34. The number of nitrogens with zero attached hydrogens (tertiary/aromatic N) is 2. The first kappa shape index (κ1) is 14.3. The van der Waals surface area contributed by atoms with Crippen LogP contribution in [0.2, 0.25) is 0 Å². The lowest BCUT2D eigenvalue weighted by Crippen LogP contribution is -2.37. The minimum atomic E-state index is 0.463. The molecular formula is C17H23N3O. The number of ether oxygens (including phenoxy) is 1. The SMILES string of the molecule is CC(C)NCc1cc2ccccc2c(N2CCOCC2)n1. The Morgan fingerprint density at radius 3 is 2.76 bits per heavy atom. The second kappa shape index (κ2) is 6.41. The van der Waals surface area contributed by atoms with E-state index >= 15 is 0 Å². The fourth-order valence-electron chi connectivity index (χ4n) is 2.65. The predicted molar refractivity (Wildman–Crippen MR) is 86.8 cm³/mol. The van der Waals surface area contributed by atoms with Gasteiger partial charge in [0.1, 0.15) is 5.82 Å². The molecule has 2 heterocycles. The molecule has 0 atom stereocenters. The Morgan fingerprint density at radius 2 is 2.00 bits per heavy atom. The number of fused-ring (bicyclic) bond motifs is 1. The number of rotatable bonds is 4. The van der Waals surface area contributed by atoms with Crippen LogP contribution in [0.1, 0.15) is 19.5 Å². The number of hydrogen-bond acceptors (Lipinski definition) is 4. The van der Waals surface area contributed by atoms with Crippen LogP contribution in [0.25, 0.3) is 10.8 Å². The van der Waals surface area contributed by atoms with E-state index in [0.29, 0.717) is 6.04 Å². The molecule has 0 saturated carbocycles. The van der Waals surface area contributed by atoms with Gasteiger partial charge in [-0.1, -0.05) is 38.1 Å². The molecule has 1 fully saturated rings. The van der Waals surface area contributed by atoms with E-state index in [4.69, 9.17) is 9.72 Å². The summed E-state index contributed by atoms with van der Waals surface area (Å²) in [6.07, 6.45) is 0. The summed E-state index contributed by atoms with van der Waals surface area (Å²) in [4.78, 5) is 7.24. The summed E-state index contributed by atoms with van der Waals surface area (Å²) < 4.78 is 5.46. The molecule has 1 N–H and O–H groups in total. The van der Waals surface area contributed by atoms with Gasteiger partial charge in [-0.25, -0.2) is 4.98 Å². The Morgan fingerprint density at radius 1 is 1.24 bits per heavy atom. The molecule has 1 saturated heterocycles. The van der Waals surface area contributed by atoms with E-state index in [9.17, 15) is 0 Å². The van der Waals surface area contributed by atoms with Gasteiger partial charge in [0.2, 0.25) is 0 Å². The molecule has 4 nitrogen and oxygen atoms in total. The number of benzene rings is 1. The van der Waals surface area contributed by atoms with E-state index in [1.54, 1.807) is 0 Å². The molecule has 0 bridgehead atoms. The standard InChI is InChI=1S/C17H23N3O/c1-13(2)18-12-15-11-14-5-3-4-6-16(14)17(19-15)20-7-9-21-10-8-20/h3-6,11,13,18H,7-10,12H2,1-2H3. The summed E-state index contributed by atoms with van der Waals surface area (Å²) in [6, 6.07) is 11.1. The maximum absolute atomic E-state index is 5.46. The van der Waals surface area contributed by atoms with Crippen LogP contribution >= 0.6 is 0 Å². The smallest absolute Gasteiger partial charge is 0.136 e. The van der Waals surface area contributed by atoms with Gasteiger partial charge >= 0.3 is 0 Å². The molecule has 1 aromatic heterocycles. The zero-order chi connectivity index (χ0) is 14.7. The number of morpholine rings is 1. The third-order valence-electron chi connectivity index (χ3n) is 3.78. The molecule has 0 unspecified atom stereocenters. The van der Waals surface area contributed by atoms with Gasteiger partial charge in [-0.2, -0.15) is 0 Å². The Hall–Kier alpha value is -1.65. The van der Waals surface area contributed by atoms with Crippen LogP contribution in [-0.4, -0.2) is 37.3 Å². The molecule has 21 heavy (non-hydrogen) atoms. The Labute approximate surface area is 126 Å². The third-order valence-corrected chi connectivity index (χ3v) is 3.78. The maximum atomic E-state index is 5.46. The van der Waals surface area contributed by atoms with Gasteiger partial charge in [-0.15, -0.1) is 0 Å². The zero-order valence-corrected chi connectivity index (χ0v) is 12.8. The molecule has 0 radical (unpaired) electrons. The molecular weight excluding hydrogens is 262 g/mol. The largest absolute Gasteiger partial charge is 0.378 e. The molecule has 3 rings (SSSR count). The molecule has 112 valence electrons. The van der Waals surface area contributed by atoms with Gasteiger partial charge in [0.25, 0.3) is 0 Å². The summed E-state index contributed by atoms with van der Waals surface area (Å²) in [5, 5.41) is 5.94. The van der Waals surface area contributed by atoms with Crippen molar-refractivity contribution in [3.05, 3.63) is 36.0 Å². The van der Waals surface area contributed by atoms with Gasteiger partial charge in [0, 0.05) is 31.1 Å². The summed E-state index contributed by atoms with van der Waals surface area (Å²) in [5.74, 6) is 1.09. The van der Waals surface area contributed by atoms with E-state index in [0.717, 1.165) is 44.4 Å². The fourth-order valence-corrected chi connectivity index (χ4v) is 2.65. The van der Waals surface area contributed by atoms with Gasteiger partial charge in [0.15, 0.2) is 0 Å². The molecule has 0 amide bonds. The number of aromatic nitrogens is 1. The maximum Gasteiger partial charge on any atom is 0.136 e. The van der Waals surface area contributed by atoms with Crippen molar-refractivity contribution in [3.8, 4) is 0 Å². The van der Waals surface area contributed by atoms with Gasteiger partial charge in [-0.05, 0) is 11.5 Å². The second-order valence-electron chi connectivity index (χ2n) is 5.79. The minimum Gasteiger partial charge on any atom is -0.378 e. The molecule has 4 heteroatoms. The van der Waals surface area contributed by atoms with Crippen LogP contribution in [-0.2, 0) is 11.3 Å². The van der Waals surface area contributed by atoms with Gasteiger partial charge in [0.05, 0.1) is 18.9 Å². The van der Waals surface area contributed by atoms with Crippen LogP contribution in [0.15, 0.2) is 30.3 Å².